The number of fused-ring (bicyclic) bond motifs is 2. The van der Waals surface area contributed by atoms with Crippen LogP contribution in [0, 0.1) is 0 Å². The average molecular weight is 353 g/mol. The Balaban J connectivity index is 1.67. The van der Waals surface area contributed by atoms with E-state index in [1.54, 1.807) is 6.20 Å². The molecule has 8 heteroatoms. The normalized spacial score (nSPS) is 21.7. The summed E-state index contributed by atoms with van der Waals surface area (Å²) in [6.07, 6.45) is 9.29. The van der Waals surface area contributed by atoms with Crippen molar-refractivity contribution in [3.05, 3.63) is 35.5 Å². The maximum absolute atomic E-state index is 11.4. The lowest BCUT2D eigenvalue weighted by Gasteiger charge is -2.41. The number of rotatable bonds is 3. The number of nitrogens with two attached hydrogens (primary N) is 1. The number of amides is 1. The van der Waals surface area contributed by atoms with Crippen molar-refractivity contribution in [2.75, 3.05) is 37.0 Å². The first kappa shape index (κ1) is 16.7. The molecule has 1 aliphatic heterocycles. The zero-order chi connectivity index (χ0) is 18.3. The van der Waals surface area contributed by atoms with Gasteiger partial charge in [-0.3, -0.25) is 9.78 Å². The Kier molecular flexibility index (Phi) is 3.97. The molecule has 1 fully saturated rings. The summed E-state index contributed by atoms with van der Waals surface area (Å²) in [5.41, 5.74) is 7.97. The average Bonchev–Trinajstić information content (AvgIpc) is 2.99. The monoisotopic (exact) mass is 353 g/mol. The van der Waals surface area contributed by atoms with Crippen molar-refractivity contribution in [1.29, 1.82) is 0 Å². The van der Waals surface area contributed by atoms with Crippen molar-refractivity contribution in [1.82, 2.24) is 19.9 Å². The van der Waals surface area contributed by atoms with Crippen molar-refractivity contribution in [3.63, 3.8) is 0 Å². The maximum Gasteiger partial charge on any atom is 0.268 e. The van der Waals surface area contributed by atoms with Crippen LogP contribution in [0.4, 0.5) is 11.8 Å². The molecule has 1 amide bonds. The van der Waals surface area contributed by atoms with Gasteiger partial charge >= 0.3 is 0 Å². The Bertz CT molecular complexity index is 849. The fourth-order valence-electron chi connectivity index (χ4n) is 4.10. The van der Waals surface area contributed by atoms with Crippen molar-refractivity contribution >= 4 is 17.7 Å². The van der Waals surface area contributed by atoms with Crippen LogP contribution in [0.1, 0.15) is 41.0 Å². The van der Waals surface area contributed by atoms with Gasteiger partial charge in [0.2, 0.25) is 5.95 Å². The molecule has 1 unspecified atom stereocenters. The number of piperidine rings is 1. The van der Waals surface area contributed by atoms with Crippen molar-refractivity contribution < 1.29 is 4.79 Å². The summed E-state index contributed by atoms with van der Waals surface area (Å²) in [4.78, 5) is 33.5. The minimum absolute atomic E-state index is 0.00565. The van der Waals surface area contributed by atoms with E-state index in [2.05, 4.69) is 19.9 Å². The smallest absolute Gasteiger partial charge is 0.268 e. The van der Waals surface area contributed by atoms with Crippen molar-refractivity contribution in [3.8, 4) is 0 Å². The van der Waals surface area contributed by atoms with Gasteiger partial charge in [-0.05, 0) is 31.2 Å². The fraction of sp³-hybridized carbons (Fsp3) is 0.500. The lowest BCUT2D eigenvalue weighted by Crippen LogP contribution is -2.46. The van der Waals surface area contributed by atoms with Crippen LogP contribution in [0.15, 0.2) is 18.6 Å². The van der Waals surface area contributed by atoms with E-state index in [1.807, 2.05) is 25.2 Å². The van der Waals surface area contributed by atoms with Gasteiger partial charge < -0.3 is 15.5 Å². The molecular formula is C18H23N7O. The van der Waals surface area contributed by atoms with Crippen LogP contribution in [-0.2, 0) is 11.8 Å². The van der Waals surface area contributed by atoms with E-state index < -0.39 is 5.91 Å². The number of anilines is 2. The molecule has 2 aromatic heterocycles. The molecule has 2 aromatic rings. The van der Waals surface area contributed by atoms with Gasteiger partial charge in [0.15, 0.2) is 0 Å². The number of hydrogen-bond acceptors (Lipinski definition) is 7. The zero-order valence-corrected chi connectivity index (χ0v) is 15.1. The molecular weight excluding hydrogens is 330 g/mol. The maximum atomic E-state index is 11.4. The highest BCUT2D eigenvalue weighted by Gasteiger charge is 2.44. The molecule has 1 aliphatic carbocycles. The number of nitrogens with zero attached hydrogens (tertiary/aromatic N) is 6. The molecule has 1 saturated heterocycles. The fourth-order valence-corrected chi connectivity index (χ4v) is 4.10. The van der Waals surface area contributed by atoms with E-state index in [4.69, 9.17) is 10.7 Å². The molecule has 8 nitrogen and oxygen atoms in total. The van der Waals surface area contributed by atoms with E-state index in [-0.39, 0.29) is 11.1 Å². The Morgan fingerprint density at radius 1 is 1.23 bits per heavy atom. The second-order valence-electron chi connectivity index (χ2n) is 7.37. The third kappa shape index (κ3) is 2.75. The van der Waals surface area contributed by atoms with E-state index >= 15 is 0 Å². The van der Waals surface area contributed by atoms with Gasteiger partial charge in [-0.25, -0.2) is 15.0 Å². The summed E-state index contributed by atoms with van der Waals surface area (Å²) in [6, 6.07) is 0. The first-order valence-corrected chi connectivity index (χ1v) is 8.89. The largest absolute Gasteiger partial charge is 0.364 e. The predicted molar refractivity (Wildman–Crippen MR) is 98.4 cm³/mol. The predicted octanol–water partition coefficient (Wildman–Crippen LogP) is 0.916. The minimum Gasteiger partial charge on any atom is -0.364 e. The highest BCUT2D eigenvalue weighted by molar-refractivity contribution is 5.90. The van der Waals surface area contributed by atoms with Gasteiger partial charge in [-0.1, -0.05) is 0 Å². The molecule has 2 N–H and O–H groups in total. The van der Waals surface area contributed by atoms with E-state index in [0.29, 0.717) is 5.82 Å². The SMILES string of the molecule is CN(C)c1ncc2c(n1)C1(CCCN(c3cncc(C(N)=O)n3)C1)CC2. The summed E-state index contributed by atoms with van der Waals surface area (Å²) in [5.74, 6) is 0.897. The lowest BCUT2D eigenvalue weighted by molar-refractivity contribution is 0.0995. The van der Waals surface area contributed by atoms with Crippen LogP contribution in [0.3, 0.4) is 0 Å². The summed E-state index contributed by atoms with van der Waals surface area (Å²) in [6.45, 7) is 1.71. The van der Waals surface area contributed by atoms with Gasteiger partial charge in [0, 0.05) is 38.8 Å². The van der Waals surface area contributed by atoms with E-state index in [1.165, 1.54) is 17.5 Å². The lowest BCUT2D eigenvalue weighted by atomic mass is 9.77. The number of carbonyl (C=O) groups is 1. The van der Waals surface area contributed by atoms with Crippen molar-refractivity contribution in [2.24, 2.45) is 5.73 Å². The summed E-state index contributed by atoms with van der Waals surface area (Å²) < 4.78 is 0. The topological polar surface area (TPSA) is 101 Å². The third-order valence-electron chi connectivity index (χ3n) is 5.40. The van der Waals surface area contributed by atoms with Gasteiger partial charge in [-0.2, -0.15) is 0 Å². The molecule has 3 heterocycles. The highest BCUT2D eigenvalue weighted by atomic mass is 16.1. The summed E-state index contributed by atoms with van der Waals surface area (Å²) >= 11 is 0. The van der Waals surface area contributed by atoms with Crippen LogP contribution in [0.2, 0.25) is 0 Å². The zero-order valence-electron chi connectivity index (χ0n) is 15.1. The van der Waals surface area contributed by atoms with E-state index in [0.717, 1.165) is 44.7 Å². The molecule has 4 rings (SSSR count). The Morgan fingerprint density at radius 3 is 2.85 bits per heavy atom. The van der Waals surface area contributed by atoms with Crippen LogP contribution >= 0.6 is 0 Å². The molecule has 2 aliphatic rings. The molecule has 0 radical (unpaired) electrons. The molecule has 0 aromatic carbocycles. The molecule has 136 valence electrons. The molecule has 0 saturated carbocycles. The number of carbonyl (C=O) groups excluding carboxylic acids is 1. The third-order valence-corrected chi connectivity index (χ3v) is 5.40. The Labute approximate surface area is 152 Å². The highest BCUT2D eigenvalue weighted by Crippen LogP contribution is 2.44. The molecule has 1 spiro atoms. The minimum atomic E-state index is -0.555. The number of aromatic nitrogens is 4. The summed E-state index contributed by atoms with van der Waals surface area (Å²) in [7, 11) is 3.92. The number of primary amides is 1. The Morgan fingerprint density at radius 2 is 2.08 bits per heavy atom. The Hall–Kier alpha value is -2.77. The van der Waals surface area contributed by atoms with Crippen LogP contribution < -0.4 is 15.5 Å². The van der Waals surface area contributed by atoms with Gasteiger partial charge in [0.05, 0.1) is 18.1 Å². The standard InChI is InChI=1S/C18H23N7O/c1-24(2)17-21-8-12-4-6-18(15(12)23-17)5-3-7-25(11-18)14-10-20-9-13(22-14)16(19)26/h8-10H,3-7,11H2,1-2H3,(H2,19,26). The molecule has 26 heavy (non-hydrogen) atoms. The van der Waals surface area contributed by atoms with Crippen LogP contribution in [0.25, 0.3) is 0 Å². The van der Waals surface area contributed by atoms with Gasteiger partial charge in [0.25, 0.3) is 5.91 Å². The van der Waals surface area contributed by atoms with Gasteiger partial charge in [-0.15, -0.1) is 0 Å². The number of aryl methyl sites for hydroxylation is 1. The number of hydrogen-bond donors (Lipinski definition) is 1. The second-order valence-corrected chi connectivity index (χ2v) is 7.37. The first-order valence-electron chi connectivity index (χ1n) is 8.89. The first-order chi connectivity index (χ1) is 12.5. The van der Waals surface area contributed by atoms with Crippen LogP contribution in [0.5, 0.6) is 0 Å². The van der Waals surface area contributed by atoms with Gasteiger partial charge in [0.1, 0.15) is 11.5 Å². The van der Waals surface area contributed by atoms with Crippen molar-refractivity contribution in [2.45, 2.75) is 31.1 Å². The molecule has 1 atom stereocenters. The summed E-state index contributed by atoms with van der Waals surface area (Å²) in [5, 5.41) is 0. The van der Waals surface area contributed by atoms with E-state index in [9.17, 15) is 4.79 Å². The van der Waals surface area contributed by atoms with Crippen LogP contribution in [-0.4, -0.2) is 53.0 Å². The molecule has 0 bridgehead atoms. The quantitative estimate of drug-likeness (QED) is 0.875. The second kappa shape index (κ2) is 6.19.